The van der Waals surface area contributed by atoms with Crippen LogP contribution in [-0.2, 0) is 0 Å². The summed E-state index contributed by atoms with van der Waals surface area (Å²) in [6.45, 7) is 4.79. The van der Waals surface area contributed by atoms with Gasteiger partial charge in [0.1, 0.15) is 0 Å². The monoisotopic (exact) mass is 335 g/mol. The van der Waals surface area contributed by atoms with Crippen molar-refractivity contribution >= 4 is 11.6 Å². The van der Waals surface area contributed by atoms with E-state index in [1.807, 2.05) is 19.0 Å². The lowest BCUT2D eigenvalue weighted by atomic mass is 9.95. The van der Waals surface area contributed by atoms with E-state index in [1.54, 1.807) is 12.4 Å². The van der Waals surface area contributed by atoms with Gasteiger partial charge in [-0.05, 0) is 18.8 Å². The summed E-state index contributed by atoms with van der Waals surface area (Å²) in [7, 11) is 3.95. The van der Waals surface area contributed by atoms with E-state index in [0.29, 0.717) is 5.92 Å². The van der Waals surface area contributed by atoms with E-state index in [9.17, 15) is 10.2 Å². The Hall–Kier alpha value is -1.44. The topological polar surface area (TPSA) is 76.0 Å². The second-order valence-corrected chi connectivity index (χ2v) is 7.24. The van der Waals surface area contributed by atoms with Crippen LogP contribution in [0.15, 0.2) is 12.4 Å². The Labute approximate surface area is 143 Å². The van der Waals surface area contributed by atoms with Crippen molar-refractivity contribution in [3.05, 3.63) is 12.4 Å². The van der Waals surface area contributed by atoms with Crippen molar-refractivity contribution in [2.24, 2.45) is 11.8 Å². The zero-order chi connectivity index (χ0) is 17.1. The molecule has 3 rings (SSSR count). The predicted octanol–water partition coefficient (Wildman–Crippen LogP) is 0.0440. The van der Waals surface area contributed by atoms with Gasteiger partial charge in [-0.15, -0.1) is 0 Å². The van der Waals surface area contributed by atoms with Crippen LogP contribution in [0.3, 0.4) is 0 Å². The SMILES string of the molecule is CN(C)c1nccnc1N1C[C@@H](CN2CCC(O)CC2)[C@@H](CO)C1. The molecule has 0 amide bonds. The molecule has 2 fully saturated rings. The largest absolute Gasteiger partial charge is 0.396 e. The molecule has 24 heavy (non-hydrogen) atoms. The molecule has 3 heterocycles. The summed E-state index contributed by atoms with van der Waals surface area (Å²) in [6.07, 6.45) is 5.02. The third-order valence-electron chi connectivity index (χ3n) is 5.24. The van der Waals surface area contributed by atoms with Gasteiger partial charge < -0.3 is 24.9 Å². The number of anilines is 2. The van der Waals surface area contributed by atoms with E-state index < -0.39 is 0 Å². The number of hydrogen-bond donors (Lipinski definition) is 2. The molecule has 7 nitrogen and oxygen atoms in total. The van der Waals surface area contributed by atoms with Crippen LogP contribution in [0.5, 0.6) is 0 Å². The fourth-order valence-electron chi connectivity index (χ4n) is 3.82. The maximum atomic E-state index is 9.82. The van der Waals surface area contributed by atoms with Crippen molar-refractivity contribution in [2.45, 2.75) is 18.9 Å². The number of piperidine rings is 1. The van der Waals surface area contributed by atoms with E-state index in [-0.39, 0.29) is 18.6 Å². The van der Waals surface area contributed by atoms with E-state index in [0.717, 1.165) is 57.2 Å². The quantitative estimate of drug-likeness (QED) is 0.787. The first-order valence-corrected chi connectivity index (χ1v) is 8.83. The summed E-state index contributed by atoms with van der Waals surface area (Å²) in [6, 6.07) is 0. The van der Waals surface area contributed by atoms with Gasteiger partial charge in [-0.1, -0.05) is 0 Å². The fourth-order valence-corrected chi connectivity index (χ4v) is 3.82. The average Bonchev–Trinajstić information content (AvgIpc) is 2.99. The van der Waals surface area contributed by atoms with Crippen LogP contribution in [-0.4, -0.2) is 84.6 Å². The number of aliphatic hydroxyl groups excluding tert-OH is 2. The fraction of sp³-hybridized carbons (Fsp3) is 0.765. The number of rotatable bonds is 5. The Morgan fingerprint density at radius 2 is 1.79 bits per heavy atom. The molecule has 2 aliphatic heterocycles. The van der Waals surface area contributed by atoms with E-state index in [1.165, 1.54) is 0 Å². The minimum absolute atomic E-state index is 0.141. The lowest BCUT2D eigenvalue weighted by Gasteiger charge is -2.32. The van der Waals surface area contributed by atoms with E-state index in [4.69, 9.17) is 0 Å². The van der Waals surface area contributed by atoms with Crippen LogP contribution < -0.4 is 9.80 Å². The highest BCUT2D eigenvalue weighted by molar-refractivity contribution is 5.62. The summed E-state index contributed by atoms with van der Waals surface area (Å²) in [4.78, 5) is 15.6. The predicted molar refractivity (Wildman–Crippen MR) is 94.3 cm³/mol. The Morgan fingerprint density at radius 3 is 2.46 bits per heavy atom. The Morgan fingerprint density at radius 1 is 1.12 bits per heavy atom. The zero-order valence-corrected chi connectivity index (χ0v) is 14.7. The van der Waals surface area contributed by atoms with E-state index >= 15 is 0 Å². The number of aliphatic hydroxyl groups is 2. The molecule has 2 saturated heterocycles. The molecule has 1 aromatic rings. The zero-order valence-electron chi connectivity index (χ0n) is 14.7. The molecule has 0 bridgehead atoms. The van der Waals surface area contributed by atoms with Gasteiger partial charge >= 0.3 is 0 Å². The number of likely N-dealkylation sites (tertiary alicyclic amines) is 1. The van der Waals surface area contributed by atoms with Gasteiger partial charge in [-0.3, -0.25) is 0 Å². The Balaban J connectivity index is 1.68. The van der Waals surface area contributed by atoms with Gasteiger partial charge in [-0.25, -0.2) is 9.97 Å². The van der Waals surface area contributed by atoms with Crippen LogP contribution in [0.1, 0.15) is 12.8 Å². The molecule has 0 unspecified atom stereocenters. The van der Waals surface area contributed by atoms with Crippen molar-refractivity contribution in [1.82, 2.24) is 14.9 Å². The summed E-state index contributed by atoms with van der Waals surface area (Å²) < 4.78 is 0. The van der Waals surface area contributed by atoms with E-state index in [2.05, 4.69) is 19.8 Å². The molecule has 2 N–H and O–H groups in total. The van der Waals surface area contributed by atoms with Gasteiger partial charge in [0.15, 0.2) is 11.6 Å². The summed E-state index contributed by atoms with van der Waals surface area (Å²) >= 11 is 0. The maximum Gasteiger partial charge on any atom is 0.171 e. The number of nitrogens with zero attached hydrogens (tertiary/aromatic N) is 5. The number of hydrogen-bond acceptors (Lipinski definition) is 7. The van der Waals surface area contributed by atoms with Gasteiger partial charge in [0.2, 0.25) is 0 Å². The first-order chi connectivity index (χ1) is 11.6. The maximum absolute atomic E-state index is 9.82. The van der Waals surface area contributed by atoms with Crippen molar-refractivity contribution in [3.63, 3.8) is 0 Å². The summed E-state index contributed by atoms with van der Waals surface area (Å²) in [5.41, 5.74) is 0. The molecule has 1 aromatic heterocycles. The van der Waals surface area contributed by atoms with Gasteiger partial charge in [-0.2, -0.15) is 0 Å². The standard InChI is InChI=1S/C17H29N5O2/c1-20(2)16-17(19-6-5-18-16)22-10-13(14(11-22)12-23)9-21-7-3-15(24)4-8-21/h5-6,13-15,23-24H,3-4,7-12H2,1-2H3/t13-,14-/m1/s1. The van der Waals surface area contributed by atoms with Gasteiger partial charge in [0.05, 0.1) is 6.10 Å². The van der Waals surface area contributed by atoms with Crippen LogP contribution >= 0.6 is 0 Å². The molecule has 0 radical (unpaired) electrons. The Kier molecular flexibility index (Phi) is 5.53. The summed E-state index contributed by atoms with van der Waals surface area (Å²) in [5.74, 6) is 2.45. The Bertz CT molecular complexity index is 533. The third kappa shape index (κ3) is 3.79. The normalized spacial score (nSPS) is 26.1. The minimum Gasteiger partial charge on any atom is -0.396 e. The molecule has 7 heteroatoms. The second-order valence-electron chi connectivity index (χ2n) is 7.24. The first-order valence-electron chi connectivity index (χ1n) is 8.83. The molecule has 2 aliphatic rings. The highest BCUT2D eigenvalue weighted by Crippen LogP contribution is 2.32. The highest BCUT2D eigenvalue weighted by atomic mass is 16.3. The van der Waals surface area contributed by atoms with Gasteiger partial charge in [0, 0.05) is 71.7 Å². The molecule has 134 valence electrons. The van der Waals surface area contributed by atoms with Gasteiger partial charge in [0.25, 0.3) is 0 Å². The molecular weight excluding hydrogens is 306 g/mol. The van der Waals surface area contributed by atoms with Crippen molar-refractivity contribution in [1.29, 1.82) is 0 Å². The molecule has 0 saturated carbocycles. The van der Waals surface area contributed by atoms with Crippen LogP contribution in [0.25, 0.3) is 0 Å². The lowest BCUT2D eigenvalue weighted by molar-refractivity contribution is 0.0687. The highest BCUT2D eigenvalue weighted by Gasteiger charge is 2.35. The average molecular weight is 335 g/mol. The van der Waals surface area contributed by atoms with Crippen molar-refractivity contribution in [2.75, 3.05) is 63.2 Å². The van der Waals surface area contributed by atoms with Crippen molar-refractivity contribution in [3.8, 4) is 0 Å². The molecule has 0 aromatic carbocycles. The second kappa shape index (κ2) is 7.63. The smallest absolute Gasteiger partial charge is 0.171 e. The minimum atomic E-state index is -0.141. The van der Waals surface area contributed by atoms with Crippen LogP contribution in [0.2, 0.25) is 0 Å². The molecule has 0 aliphatic carbocycles. The van der Waals surface area contributed by atoms with Crippen LogP contribution in [0, 0.1) is 11.8 Å². The summed E-state index contributed by atoms with van der Waals surface area (Å²) in [5, 5.41) is 19.5. The molecular formula is C17H29N5O2. The van der Waals surface area contributed by atoms with Crippen LogP contribution in [0.4, 0.5) is 11.6 Å². The van der Waals surface area contributed by atoms with Crippen molar-refractivity contribution < 1.29 is 10.2 Å². The lowest BCUT2D eigenvalue weighted by Crippen LogP contribution is -2.40. The molecule has 0 spiro atoms. The molecule has 2 atom stereocenters. The number of aromatic nitrogens is 2. The third-order valence-corrected chi connectivity index (χ3v) is 5.24. The first kappa shape index (κ1) is 17.4.